The summed E-state index contributed by atoms with van der Waals surface area (Å²) in [5, 5.41) is 4.63. The number of hydrogen-bond acceptors (Lipinski definition) is 4. The van der Waals surface area contributed by atoms with E-state index in [1.807, 2.05) is 6.20 Å². The molecule has 0 spiro atoms. The van der Waals surface area contributed by atoms with Gasteiger partial charge >= 0.3 is 0 Å². The first-order valence-corrected chi connectivity index (χ1v) is 10.9. The third-order valence-corrected chi connectivity index (χ3v) is 6.17. The fourth-order valence-electron chi connectivity index (χ4n) is 4.52. The molecule has 1 aliphatic heterocycles. The van der Waals surface area contributed by atoms with Gasteiger partial charge in [0.2, 0.25) is 5.95 Å². The highest BCUT2D eigenvalue weighted by atomic mass is 15.2. The van der Waals surface area contributed by atoms with E-state index in [2.05, 4.69) is 82.8 Å². The zero-order chi connectivity index (χ0) is 20.3. The molecule has 1 N–H and O–H groups in total. The van der Waals surface area contributed by atoms with E-state index in [0.29, 0.717) is 6.04 Å². The Morgan fingerprint density at radius 2 is 2.10 bits per heavy atom. The monoisotopic (exact) mass is 396 g/mol. The summed E-state index contributed by atoms with van der Waals surface area (Å²) in [5.74, 6) is 0.734. The van der Waals surface area contributed by atoms with Gasteiger partial charge in [0.25, 0.3) is 0 Å². The Bertz CT molecular complexity index is 1110. The lowest BCUT2D eigenvalue weighted by Gasteiger charge is -2.19. The van der Waals surface area contributed by atoms with E-state index in [0.717, 1.165) is 42.9 Å². The largest absolute Gasteiger partial charge is 0.350 e. The van der Waals surface area contributed by atoms with E-state index in [1.54, 1.807) is 5.57 Å². The highest BCUT2D eigenvalue weighted by Crippen LogP contribution is 2.27. The quantitative estimate of drug-likeness (QED) is 0.630. The van der Waals surface area contributed by atoms with Crippen molar-refractivity contribution in [3.8, 4) is 11.1 Å². The zero-order valence-corrected chi connectivity index (χ0v) is 17.5. The number of nitrogens with one attached hydrogen (secondary N) is 1. The van der Waals surface area contributed by atoms with Crippen LogP contribution in [0.3, 0.4) is 0 Å². The van der Waals surface area contributed by atoms with Crippen LogP contribution in [-0.2, 0) is 0 Å². The summed E-state index contributed by atoms with van der Waals surface area (Å²) in [4.78, 5) is 11.9. The van der Waals surface area contributed by atoms with E-state index in [-0.39, 0.29) is 0 Å². The molecule has 30 heavy (non-hydrogen) atoms. The molecule has 152 valence electrons. The summed E-state index contributed by atoms with van der Waals surface area (Å²) in [6, 6.07) is 15.3. The maximum absolute atomic E-state index is 4.78. The van der Waals surface area contributed by atoms with Crippen LogP contribution in [0.25, 0.3) is 22.0 Å². The van der Waals surface area contributed by atoms with Crippen molar-refractivity contribution in [2.24, 2.45) is 0 Å². The fraction of sp³-hybridized carbons (Fsp3) is 0.308. The van der Waals surface area contributed by atoms with Gasteiger partial charge in [-0.3, -0.25) is 4.90 Å². The summed E-state index contributed by atoms with van der Waals surface area (Å²) in [7, 11) is 0. The van der Waals surface area contributed by atoms with Crippen LogP contribution in [0, 0.1) is 6.92 Å². The lowest BCUT2D eigenvalue weighted by Crippen LogP contribution is -2.28. The van der Waals surface area contributed by atoms with Gasteiger partial charge in [-0.25, -0.2) is 9.97 Å². The first-order chi connectivity index (χ1) is 14.7. The van der Waals surface area contributed by atoms with Crippen molar-refractivity contribution in [2.75, 3.05) is 25.0 Å². The van der Waals surface area contributed by atoms with Crippen molar-refractivity contribution >= 4 is 16.9 Å². The second-order valence-corrected chi connectivity index (χ2v) is 8.44. The molecule has 0 amide bonds. The smallest absolute Gasteiger partial charge is 0.223 e. The molecule has 0 bridgehead atoms. The minimum atomic E-state index is 0.411. The zero-order valence-electron chi connectivity index (χ0n) is 17.5. The van der Waals surface area contributed by atoms with Gasteiger partial charge in [0, 0.05) is 37.3 Å². The average Bonchev–Trinajstić information content (AvgIpc) is 3.21. The van der Waals surface area contributed by atoms with Gasteiger partial charge in [0.05, 0.1) is 5.52 Å². The Hall–Kier alpha value is -2.98. The topological polar surface area (TPSA) is 41.1 Å². The Balaban J connectivity index is 1.27. The summed E-state index contributed by atoms with van der Waals surface area (Å²) in [6.07, 6.45) is 12.2. The lowest BCUT2D eigenvalue weighted by atomic mass is 9.99. The van der Waals surface area contributed by atoms with Crippen LogP contribution in [0.1, 0.15) is 24.8 Å². The predicted octanol–water partition coefficient (Wildman–Crippen LogP) is 5.37. The number of likely N-dealkylation sites (tertiary alicyclic amines) is 1. The number of aryl methyl sites for hydroxylation is 1. The van der Waals surface area contributed by atoms with Crippen LogP contribution in [0.15, 0.2) is 72.5 Å². The van der Waals surface area contributed by atoms with Crippen LogP contribution in [0.4, 0.5) is 5.95 Å². The second-order valence-electron chi connectivity index (χ2n) is 8.44. The number of fused-ring (bicyclic) bond motifs is 1. The number of benzene rings is 2. The van der Waals surface area contributed by atoms with Crippen molar-refractivity contribution < 1.29 is 0 Å². The summed E-state index contributed by atoms with van der Waals surface area (Å²) < 4.78 is 0. The van der Waals surface area contributed by atoms with Gasteiger partial charge in [-0.15, -0.1) is 0 Å². The second kappa shape index (κ2) is 8.41. The Morgan fingerprint density at radius 1 is 1.17 bits per heavy atom. The highest BCUT2D eigenvalue weighted by Gasteiger charge is 2.23. The number of nitrogens with zero attached hydrogens (tertiary/aromatic N) is 3. The Kier molecular flexibility index (Phi) is 5.33. The van der Waals surface area contributed by atoms with E-state index in [4.69, 9.17) is 4.98 Å². The van der Waals surface area contributed by atoms with E-state index < -0.39 is 0 Å². The number of anilines is 1. The average molecular weight is 397 g/mol. The molecule has 5 rings (SSSR count). The van der Waals surface area contributed by atoms with Gasteiger partial charge in [0.15, 0.2) is 0 Å². The fourth-order valence-corrected chi connectivity index (χ4v) is 4.52. The molecule has 3 aromatic rings. The third-order valence-electron chi connectivity index (χ3n) is 6.17. The summed E-state index contributed by atoms with van der Waals surface area (Å²) >= 11 is 0. The molecule has 2 heterocycles. The molecule has 2 aromatic carbocycles. The Labute approximate surface area is 178 Å². The number of rotatable bonds is 5. The molecule has 4 heteroatoms. The molecule has 1 unspecified atom stereocenters. The van der Waals surface area contributed by atoms with Gasteiger partial charge in [-0.05, 0) is 55.0 Å². The minimum absolute atomic E-state index is 0.411. The van der Waals surface area contributed by atoms with E-state index >= 15 is 0 Å². The third kappa shape index (κ3) is 4.14. The molecular formula is C26H28N4. The Morgan fingerprint density at radius 3 is 2.97 bits per heavy atom. The normalized spacial score (nSPS) is 19.2. The molecule has 0 radical (unpaired) electrons. The summed E-state index contributed by atoms with van der Waals surface area (Å²) in [6.45, 7) is 5.42. The van der Waals surface area contributed by atoms with Crippen LogP contribution in [0.5, 0.6) is 0 Å². The molecule has 2 aliphatic rings. The SMILES string of the molecule is Cc1ccccc1-c1ccc2nc(NC3CCN(CC4=CC=CCC4)C3)ncc2c1. The van der Waals surface area contributed by atoms with Crippen molar-refractivity contribution in [3.63, 3.8) is 0 Å². The highest BCUT2D eigenvalue weighted by molar-refractivity contribution is 5.85. The van der Waals surface area contributed by atoms with Gasteiger partial charge in [-0.1, -0.05) is 54.1 Å². The van der Waals surface area contributed by atoms with Gasteiger partial charge in [0.1, 0.15) is 0 Å². The number of aromatic nitrogens is 2. The lowest BCUT2D eigenvalue weighted by molar-refractivity contribution is 0.361. The molecule has 0 saturated carbocycles. The first kappa shape index (κ1) is 19.0. The van der Waals surface area contributed by atoms with Crippen LogP contribution in [-0.4, -0.2) is 40.5 Å². The molecule has 1 saturated heterocycles. The molecule has 4 nitrogen and oxygen atoms in total. The predicted molar refractivity (Wildman–Crippen MR) is 125 cm³/mol. The number of hydrogen-bond donors (Lipinski definition) is 1. The standard InChI is InChI=1S/C26H28N4/c1-19-7-5-6-10-24(19)21-11-12-25-22(15-21)16-27-26(29-25)28-23-13-14-30(18-23)17-20-8-3-2-4-9-20/h2-3,5-8,10-12,15-16,23H,4,9,13-14,17-18H2,1H3,(H,27,28,29). The van der Waals surface area contributed by atoms with E-state index in [1.165, 1.54) is 29.5 Å². The maximum atomic E-state index is 4.78. The van der Waals surface area contributed by atoms with Crippen molar-refractivity contribution in [2.45, 2.75) is 32.2 Å². The van der Waals surface area contributed by atoms with Crippen LogP contribution < -0.4 is 5.32 Å². The van der Waals surface area contributed by atoms with Crippen molar-refractivity contribution in [1.29, 1.82) is 0 Å². The molecule has 1 aromatic heterocycles. The summed E-state index contributed by atoms with van der Waals surface area (Å²) in [5.41, 5.74) is 6.28. The maximum Gasteiger partial charge on any atom is 0.223 e. The first-order valence-electron chi connectivity index (χ1n) is 10.9. The van der Waals surface area contributed by atoms with Gasteiger partial charge in [-0.2, -0.15) is 0 Å². The van der Waals surface area contributed by atoms with E-state index in [9.17, 15) is 0 Å². The van der Waals surface area contributed by atoms with Crippen molar-refractivity contribution in [1.82, 2.24) is 14.9 Å². The van der Waals surface area contributed by atoms with Crippen LogP contribution in [0.2, 0.25) is 0 Å². The molecular weight excluding hydrogens is 368 g/mol. The number of allylic oxidation sites excluding steroid dienone is 3. The van der Waals surface area contributed by atoms with Crippen LogP contribution >= 0.6 is 0 Å². The molecule has 1 fully saturated rings. The molecule has 1 aliphatic carbocycles. The minimum Gasteiger partial charge on any atom is -0.350 e. The molecule has 1 atom stereocenters. The van der Waals surface area contributed by atoms with Crippen molar-refractivity contribution in [3.05, 3.63) is 78.0 Å². The van der Waals surface area contributed by atoms with Gasteiger partial charge < -0.3 is 5.32 Å².